The van der Waals surface area contributed by atoms with Gasteiger partial charge in [0, 0.05) is 0 Å². The fourth-order valence-corrected chi connectivity index (χ4v) is 4.58. The van der Waals surface area contributed by atoms with E-state index in [9.17, 15) is 18.0 Å². The second kappa shape index (κ2) is 10.3. The molecular weight excluding hydrogens is 565 g/mol. The largest absolute Gasteiger partial charge is 0.493 e. The maximum absolute atomic E-state index is 13.0. The van der Waals surface area contributed by atoms with E-state index in [0.717, 1.165) is 11.3 Å². The van der Waals surface area contributed by atoms with Crippen LogP contribution in [0, 0.1) is 12.3 Å². The monoisotopic (exact) mass is 582 g/mol. The van der Waals surface area contributed by atoms with Crippen LogP contribution in [0.4, 0.5) is 13.2 Å². The van der Waals surface area contributed by atoms with Crippen molar-refractivity contribution < 1.29 is 32.2 Å². The lowest BCUT2D eigenvalue weighted by atomic mass is 10.1. The second-order valence-corrected chi connectivity index (χ2v) is 9.23. The third-order valence-corrected chi connectivity index (χ3v) is 6.48. The Morgan fingerprint density at radius 3 is 2.58 bits per heavy atom. The molecule has 0 spiro atoms. The number of thioether (sulfide) groups is 1. The lowest BCUT2D eigenvalue weighted by molar-refractivity contribution is -0.114. The number of amidine groups is 2. The number of carbonyl (C=O) groups excluding carboxylic acids is 1. The predicted octanol–water partition coefficient (Wildman–Crippen LogP) is 5.41. The number of alkyl halides is 3. The summed E-state index contributed by atoms with van der Waals surface area (Å²) in [7, 11) is 1.44. The Hall–Kier alpha value is -3.32. The maximum Gasteiger partial charge on any atom is 0.441 e. The number of ether oxygens (including phenoxy) is 3. The van der Waals surface area contributed by atoms with E-state index in [1.165, 1.54) is 13.2 Å². The van der Waals surface area contributed by atoms with E-state index >= 15 is 0 Å². The van der Waals surface area contributed by atoms with Crippen molar-refractivity contribution in [2.45, 2.75) is 13.1 Å². The van der Waals surface area contributed by atoms with Crippen molar-refractivity contribution in [2.75, 3.05) is 20.3 Å². The van der Waals surface area contributed by atoms with Gasteiger partial charge >= 0.3 is 6.18 Å². The van der Waals surface area contributed by atoms with Crippen LogP contribution in [-0.4, -0.2) is 53.5 Å². The first-order valence-electron chi connectivity index (χ1n) is 10.3. The Bertz CT molecular complexity index is 1330. The first kappa shape index (κ1) is 25.8. The molecule has 2 aromatic carbocycles. The number of hydrogen-bond donors (Lipinski definition) is 1. The number of amides is 1. The Morgan fingerprint density at radius 2 is 1.89 bits per heavy atom. The zero-order chi connectivity index (χ0) is 26.0. The second-order valence-electron chi connectivity index (χ2n) is 7.42. The van der Waals surface area contributed by atoms with Crippen molar-refractivity contribution in [1.82, 2.24) is 5.01 Å². The number of para-hydroxylation sites is 1. The standard InChI is InChI=1S/C23H18BrF3N4O4S/c1-12-5-3-4-6-16(12)34-7-8-35-18-15(24)10-13(11-17(18)33-2)9-14-19(28)31-22(29-20(14)32)36-21(30-31)23(25,26)27/h3-6,9-11,28H,7-8H2,1-2H3. The Labute approximate surface area is 216 Å². The first-order chi connectivity index (χ1) is 17.1. The summed E-state index contributed by atoms with van der Waals surface area (Å²) in [6.07, 6.45) is -3.38. The van der Waals surface area contributed by atoms with Gasteiger partial charge in [0.1, 0.15) is 19.0 Å². The van der Waals surface area contributed by atoms with E-state index in [4.69, 9.17) is 19.6 Å². The van der Waals surface area contributed by atoms with Crippen molar-refractivity contribution in [3.05, 3.63) is 57.6 Å². The molecule has 8 nitrogen and oxygen atoms in total. The SMILES string of the molecule is COc1cc(C=C2C(=N)N3N=C(C(F)(F)F)SC3=NC2=O)cc(Br)c1OCCOc1ccccc1C. The van der Waals surface area contributed by atoms with Crippen LogP contribution in [0.1, 0.15) is 11.1 Å². The summed E-state index contributed by atoms with van der Waals surface area (Å²) < 4.78 is 56.5. The molecule has 2 aliphatic rings. The summed E-state index contributed by atoms with van der Waals surface area (Å²) in [6.45, 7) is 2.44. The van der Waals surface area contributed by atoms with Crippen LogP contribution in [-0.2, 0) is 4.79 Å². The highest BCUT2D eigenvalue weighted by Gasteiger charge is 2.46. The van der Waals surface area contributed by atoms with E-state index in [1.807, 2.05) is 31.2 Å². The molecule has 0 unspecified atom stereocenters. The van der Waals surface area contributed by atoms with Gasteiger partial charge in [-0.15, -0.1) is 0 Å². The number of nitrogens with one attached hydrogen (secondary N) is 1. The van der Waals surface area contributed by atoms with Crippen LogP contribution in [0.25, 0.3) is 6.08 Å². The van der Waals surface area contributed by atoms with Gasteiger partial charge in [-0.25, -0.2) is 0 Å². The highest BCUT2D eigenvalue weighted by Crippen LogP contribution is 2.39. The molecule has 0 fully saturated rings. The molecule has 0 aliphatic carbocycles. The molecule has 2 heterocycles. The van der Waals surface area contributed by atoms with Crippen LogP contribution >= 0.6 is 27.7 Å². The zero-order valence-corrected chi connectivity index (χ0v) is 21.3. The summed E-state index contributed by atoms with van der Waals surface area (Å²) in [6, 6.07) is 10.8. The molecule has 1 amide bonds. The molecule has 0 aromatic heterocycles. The Kier molecular flexibility index (Phi) is 7.41. The van der Waals surface area contributed by atoms with Crippen molar-refractivity contribution in [3.8, 4) is 17.2 Å². The molecule has 0 atom stereocenters. The minimum atomic E-state index is -4.71. The van der Waals surface area contributed by atoms with E-state index in [0.29, 0.717) is 26.5 Å². The molecule has 188 valence electrons. The number of halogens is 4. The zero-order valence-electron chi connectivity index (χ0n) is 18.9. The number of aliphatic imine (C=N–C) groups is 1. The minimum absolute atomic E-state index is 0.194. The van der Waals surface area contributed by atoms with Crippen molar-refractivity contribution in [3.63, 3.8) is 0 Å². The number of rotatable bonds is 7. The summed E-state index contributed by atoms with van der Waals surface area (Å²) >= 11 is 3.61. The molecule has 1 N–H and O–H groups in total. The van der Waals surface area contributed by atoms with Crippen LogP contribution in [0.15, 0.2) is 56.5 Å². The Balaban J connectivity index is 1.51. The van der Waals surface area contributed by atoms with Crippen molar-refractivity contribution in [2.24, 2.45) is 10.1 Å². The van der Waals surface area contributed by atoms with Gasteiger partial charge in [-0.3, -0.25) is 10.2 Å². The molecule has 2 aliphatic heterocycles. The Morgan fingerprint density at radius 1 is 1.17 bits per heavy atom. The van der Waals surface area contributed by atoms with E-state index < -0.39 is 23.0 Å². The van der Waals surface area contributed by atoms with Gasteiger partial charge in [0.25, 0.3) is 5.91 Å². The molecule has 2 aromatic rings. The van der Waals surface area contributed by atoms with Crippen LogP contribution in [0.3, 0.4) is 0 Å². The number of methoxy groups -OCH3 is 1. The van der Waals surface area contributed by atoms with Gasteiger partial charge < -0.3 is 14.2 Å². The molecule has 4 rings (SSSR count). The number of carbonyl (C=O) groups is 1. The number of nitrogens with zero attached hydrogens (tertiary/aromatic N) is 3. The van der Waals surface area contributed by atoms with Gasteiger partial charge in [-0.2, -0.15) is 28.3 Å². The van der Waals surface area contributed by atoms with Crippen LogP contribution in [0.2, 0.25) is 0 Å². The van der Waals surface area contributed by atoms with Gasteiger partial charge in [0.15, 0.2) is 17.3 Å². The topological polar surface area (TPSA) is 96.6 Å². The first-order valence-corrected chi connectivity index (χ1v) is 12.0. The summed E-state index contributed by atoms with van der Waals surface area (Å²) in [4.78, 5) is 16.1. The van der Waals surface area contributed by atoms with E-state index in [1.54, 1.807) is 12.1 Å². The fraction of sp³-hybridized carbons (Fsp3) is 0.217. The summed E-state index contributed by atoms with van der Waals surface area (Å²) in [5, 5.41) is 10.8. The third kappa shape index (κ3) is 5.41. The third-order valence-electron chi connectivity index (χ3n) is 4.94. The number of aryl methyl sites for hydroxylation is 1. The maximum atomic E-state index is 13.0. The smallest absolute Gasteiger partial charge is 0.441 e. The molecule has 0 radical (unpaired) electrons. The number of fused-ring (bicyclic) bond motifs is 1. The summed E-state index contributed by atoms with van der Waals surface area (Å²) in [5.41, 5.74) is 1.21. The number of hydrogen-bond acceptors (Lipinski definition) is 7. The molecule has 0 saturated carbocycles. The number of benzene rings is 2. The van der Waals surface area contributed by atoms with Crippen molar-refractivity contribution >= 4 is 55.7 Å². The lowest BCUT2D eigenvalue weighted by Gasteiger charge is -2.20. The number of hydrazone groups is 1. The molecule has 13 heteroatoms. The van der Waals surface area contributed by atoms with E-state index in [-0.39, 0.29) is 35.7 Å². The lowest BCUT2D eigenvalue weighted by Crippen LogP contribution is -2.35. The quantitative estimate of drug-likeness (QED) is 0.346. The average molecular weight is 583 g/mol. The van der Waals surface area contributed by atoms with Gasteiger partial charge in [-0.1, -0.05) is 18.2 Å². The molecule has 0 bridgehead atoms. The molecular formula is C23H18BrF3N4O4S. The highest BCUT2D eigenvalue weighted by atomic mass is 79.9. The van der Waals surface area contributed by atoms with Gasteiger partial charge in [0.2, 0.25) is 10.2 Å². The van der Waals surface area contributed by atoms with Crippen LogP contribution in [0.5, 0.6) is 17.2 Å². The normalized spacial score (nSPS) is 16.6. The molecule has 36 heavy (non-hydrogen) atoms. The van der Waals surface area contributed by atoms with E-state index in [2.05, 4.69) is 26.0 Å². The minimum Gasteiger partial charge on any atom is -0.493 e. The van der Waals surface area contributed by atoms with Gasteiger partial charge in [-0.05, 0) is 70.0 Å². The molecule has 0 saturated heterocycles. The van der Waals surface area contributed by atoms with Crippen LogP contribution < -0.4 is 14.2 Å². The average Bonchev–Trinajstić information content (AvgIpc) is 3.26. The predicted molar refractivity (Wildman–Crippen MR) is 134 cm³/mol. The fourth-order valence-electron chi connectivity index (χ4n) is 3.25. The highest BCUT2D eigenvalue weighted by molar-refractivity contribution is 9.10. The van der Waals surface area contributed by atoms with Crippen molar-refractivity contribution in [1.29, 1.82) is 5.41 Å². The summed E-state index contributed by atoms with van der Waals surface area (Å²) in [5.74, 6) is 0.123. The van der Waals surface area contributed by atoms with Gasteiger partial charge in [0.05, 0.1) is 17.2 Å².